The number of aliphatic hydroxyl groups excluding tert-OH is 1. The Morgan fingerprint density at radius 3 is 2.29 bits per heavy atom. The summed E-state index contributed by atoms with van der Waals surface area (Å²) in [6.45, 7) is 0.0627. The van der Waals surface area contributed by atoms with Crippen molar-refractivity contribution in [3.05, 3.63) is 0 Å². The molecule has 4 aliphatic rings. The third-order valence-electron chi connectivity index (χ3n) is 5.96. The predicted octanol–water partition coefficient (Wildman–Crippen LogP) is 2.82. The lowest BCUT2D eigenvalue weighted by molar-refractivity contribution is -0.130. The molecule has 4 fully saturated rings. The van der Waals surface area contributed by atoms with Crippen molar-refractivity contribution in [2.45, 2.75) is 57.4 Å². The fraction of sp³-hybridized carbons (Fsp3) is 0.941. The van der Waals surface area contributed by atoms with Crippen LogP contribution in [0.25, 0.3) is 0 Å². The fourth-order valence-electron chi connectivity index (χ4n) is 5.60. The zero-order chi connectivity index (χ0) is 14.9. The van der Waals surface area contributed by atoms with Crippen molar-refractivity contribution in [1.29, 1.82) is 0 Å². The second-order valence-electron chi connectivity index (χ2n) is 7.82. The average molecular weight is 311 g/mol. The molecule has 4 aliphatic carbocycles. The Bertz CT molecular complexity index is 350. The van der Waals surface area contributed by atoms with E-state index in [0.717, 1.165) is 29.9 Å². The first-order valence-electron chi connectivity index (χ1n) is 8.51. The summed E-state index contributed by atoms with van der Waals surface area (Å²) in [5.74, 6) is 3.86. The van der Waals surface area contributed by atoms with Crippen molar-refractivity contribution in [3.8, 4) is 0 Å². The van der Waals surface area contributed by atoms with Crippen LogP contribution < -0.4 is 5.32 Å². The fourth-order valence-corrected chi connectivity index (χ4v) is 6.12. The van der Waals surface area contributed by atoms with E-state index in [1.54, 1.807) is 11.8 Å². The minimum absolute atomic E-state index is 0.0566. The first-order valence-corrected chi connectivity index (χ1v) is 9.91. The van der Waals surface area contributed by atoms with Gasteiger partial charge in [-0.3, -0.25) is 4.79 Å². The number of rotatable bonds is 7. The second-order valence-corrected chi connectivity index (χ2v) is 8.81. The van der Waals surface area contributed by atoms with Gasteiger partial charge in [-0.05, 0) is 80.1 Å². The van der Waals surface area contributed by atoms with Crippen LogP contribution in [-0.2, 0) is 4.79 Å². The van der Waals surface area contributed by atoms with Crippen molar-refractivity contribution >= 4 is 17.7 Å². The number of nitrogens with one attached hydrogen (secondary N) is 1. The summed E-state index contributed by atoms with van der Waals surface area (Å²) in [6, 6.07) is -0.0566. The molecule has 120 valence electrons. The summed E-state index contributed by atoms with van der Waals surface area (Å²) in [4.78, 5) is 12.4. The Hall–Kier alpha value is -0.220. The molecule has 2 N–H and O–H groups in total. The molecule has 4 rings (SSSR count). The molecule has 0 aromatic rings. The number of amides is 1. The van der Waals surface area contributed by atoms with Crippen LogP contribution in [-0.4, -0.2) is 35.7 Å². The summed E-state index contributed by atoms with van der Waals surface area (Å²) < 4.78 is 0. The maximum atomic E-state index is 12.4. The molecular formula is C17H29NO2S. The molecule has 4 saturated carbocycles. The van der Waals surface area contributed by atoms with Gasteiger partial charge in [0, 0.05) is 6.42 Å². The SMILES string of the molecule is CSCC[C@@H](CO)NC(=O)CC12CC3CC(CC(C3)C1)C2. The van der Waals surface area contributed by atoms with Gasteiger partial charge in [0.2, 0.25) is 5.91 Å². The van der Waals surface area contributed by atoms with Crippen LogP contribution in [0.2, 0.25) is 0 Å². The van der Waals surface area contributed by atoms with Crippen molar-refractivity contribution in [1.82, 2.24) is 5.32 Å². The minimum atomic E-state index is -0.0566. The van der Waals surface area contributed by atoms with Gasteiger partial charge >= 0.3 is 0 Å². The highest BCUT2D eigenvalue weighted by Gasteiger charge is 2.51. The van der Waals surface area contributed by atoms with Gasteiger partial charge in [-0.25, -0.2) is 0 Å². The summed E-state index contributed by atoms with van der Waals surface area (Å²) in [5, 5.41) is 12.5. The standard InChI is InChI=1S/C17H29NO2S/c1-21-3-2-15(11-19)18-16(20)10-17-7-12-4-13(8-17)6-14(5-12)9-17/h12-15,19H,2-11H2,1H3,(H,18,20)/t12?,13?,14?,15-,17?/m0/s1. The van der Waals surface area contributed by atoms with Crippen molar-refractivity contribution in [3.63, 3.8) is 0 Å². The van der Waals surface area contributed by atoms with Gasteiger partial charge in [-0.15, -0.1) is 0 Å². The molecule has 0 saturated heterocycles. The first kappa shape index (κ1) is 15.7. The second kappa shape index (κ2) is 6.49. The number of carbonyl (C=O) groups excluding carboxylic acids is 1. The Labute approximate surface area is 132 Å². The van der Waals surface area contributed by atoms with Gasteiger partial charge in [0.15, 0.2) is 0 Å². The molecule has 0 radical (unpaired) electrons. The van der Waals surface area contributed by atoms with E-state index in [0.29, 0.717) is 11.8 Å². The third kappa shape index (κ3) is 3.58. The molecule has 1 amide bonds. The summed E-state index contributed by atoms with van der Waals surface area (Å²) >= 11 is 1.76. The van der Waals surface area contributed by atoms with Gasteiger partial charge in [-0.1, -0.05) is 0 Å². The minimum Gasteiger partial charge on any atom is -0.394 e. The lowest BCUT2D eigenvalue weighted by Gasteiger charge is -2.56. The van der Waals surface area contributed by atoms with Crippen LogP contribution in [0.4, 0.5) is 0 Å². The molecular weight excluding hydrogens is 282 g/mol. The first-order chi connectivity index (χ1) is 10.1. The van der Waals surface area contributed by atoms with Crippen molar-refractivity contribution in [2.24, 2.45) is 23.2 Å². The lowest BCUT2D eigenvalue weighted by Crippen LogP contribution is -2.49. The highest BCUT2D eigenvalue weighted by molar-refractivity contribution is 7.98. The topological polar surface area (TPSA) is 49.3 Å². The van der Waals surface area contributed by atoms with E-state index in [4.69, 9.17) is 0 Å². The highest BCUT2D eigenvalue weighted by Crippen LogP contribution is 2.61. The summed E-state index contributed by atoms with van der Waals surface area (Å²) in [6.07, 6.45) is 11.7. The van der Waals surface area contributed by atoms with E-state index < -0.39 is 0 Å². The van der Waals surface area contributed by atoms with E-state index in [9.17, 15) is 9.90 Å². The van der Waals surface area contributed by atoms with Crippen molar-refractivity contribution in [2.75, 3.05) is 18.6 Å². The molecule has 21 heavy (non-hydrogen) atoms. The predicted molar refractivity (Wildman–Crippen MR) is 87.2 cm³/mol. The van der Waals surface area contributed by atoms with Crippen LogP contribution in [0.1, 0.15) is 51.4 Å². The number of hydrogen-bond acceptors (Lipinski definition) is 3. The number of thioether (sulfide) groups is 1. The Morgan fingerprint density at radius 2 is 1.81 bits per heavy atom. The van der Waals surface area contributed by atoms with Crippen LogP contribution in [0.15, 0.2) is 0 Å². The number of carbonyl (C=O) groups is 1. The maximum Gasteiger partial charge on any atom is 0.220 e. The quantitative estimate of drug-likeness (QED) is 0.760. The molecule has 4 heteroatoms. The van der Waals surface area contributed by atoms with E-state index in [2.05, 4.69) is 11.6 Å². The molecule has 0 aromatic carbocycles. The number of hydrogen-bond donors (Lipinski definition) is 2. The zero-order valence-corrected chi connectivity index (χ0v) is 14.0. The monoisotopic (exact) mass is 311 g/mol. The Morgan fingerprint density at radius 1 is 1.24 bits per heavy atom. The smallest absolute Gasteiger partial charge is 0.220 e. The van der Waals surface area contributed by atoms with Gasteiger partial charge in [0.25, 0.3) is 0 Å². The van der Waals surface area contributed by atoms with E-state index in [1.165, 1.54) is 38.5 Å². The van der Waals surface area contributed by atoms with Crippen molar-refractivity contribution < 1.29 is 9.90 Å². The molecule has 0 spiro atoms. The largest absolute Gasteiger partial charge is 0.394 e. The molecule has 4 bridgehead atoms. The summed E-state index contributed by atoms with van der Waals surface area (Å²) in [5.41, 5.74) is 0.304. The molecule has 0 aliphatic heterocycles. The zero-order valence-electron chi connectivity index (χ0n) is 13.1. The molecule has 0 unspecified atom stereocenters. The third-order valence-corrected chi connectivity index (χ3v) is 6.60. The normalized spacial score (nSPS) is 38.5. The molecule has 0 heterocycles. The van der Waals surface area contributed by atoms with E-state index in [-0.39, 0.29) is 18.6 Å². The van der Waals surface area contributed by atoms with E-state index in [1.807, 2.05) is 0 Å². The molecule has 3 nitrogen and oxygen atoms in total. The molecule has 0 aromatic heterocycles. The Balaban J connectivity index is 1.54. The summed E-state index contributed by atoms with van der Waals surface area (Å²) in [7, 11) is 0. The van der Waals surface area contributed by atoms with Gasteiger partial charge in [0.1, 0.15) is 0 Å². The van der Waals surface area contributed by atoms with Gasteiger partial charge in [-0.2, -0.15) is 11.8 Å². The van der Waals surface area contributed by atoms with Crippen LogP contribution >= 0.6 is 11.8 Å². The van der Waals surface area contributed by atoms with Gasteiger partial charge in [0.05, 0.1) is 12.6 Å². The molecule has 1 atom stereocenters. The van der Waals surface area contributed by atoms with Crippen LogP contribution in [0.5, 0.6) is 0 Å². The lowest BCUT2D eigenvalue weighted by atomic mass is 9.49. The van der Waals surface area contributed by atoms with E-state index >= 15 is 0 Å². The Kier molecular flexibility index (Phi) is 4.84. The average Bonchev–Trinajstić information content (AvgIpc) is 2.41. The number of aliphatic hydroxyl groups is 1. The van der Waals surface area contributed by atoms with Gasteiger partial charge < -0.3 is 10.4 Å². The highest BCUT2D eigenvalue weighted by atomic mass is 32.2. The van der Waals surface area contributed by atoms with Crippen LogP contribution in [0, 0.1) is 23.2 Å². The van der Waals surface area contributed by atoms with Crippen LogP contribution in [0.3, 0.4) is 0 Å². The maximum absolute atomic E-state index is 12.4.